The molecule has 0 saturated carbocycles. The maximum Gasteiger partial charge on any atom is 0.231 e. The van der Waals surface area contributed by atoms with E-state index in [2.05, 4.69) is 10.4 Å². The minimum Gasteiger partial charge on any atom is -0.454 e. The topological polar surface area (TPSA) is 65.4 Å². The van der Waals surface area contributed by atoms with Gasteiger partial charge < -0.3 is 14.8 Å². The van der Waals surface area contributed by atoms with E-state index in [1.54, 1.807) is 23.0 Å². The summed E-state index contributed by atoms with van der Waals surface area (Å²) in [6.07, 6.45) is 1.78. The summed E-state index contributed by atoms with van der Waals surface area (Å²) in [5.74, 6) is 0.819. The number of hydrogen-bond acceptors (Lipinski definition) is 4. The van der Waals surface area contributed by atoms with Crippen LogP contribution in [0.5, 0.6) is 11.5 Å². The van der Waals surface area contributed by atoms with Crippen LogP contribution in [0, 0.1) is 5.82 Å². The molecule has 0 fully saturated rings. The lowest BCUT2D eigenvalue weighted by Gasteiger charge is -2.24. The lowest BCUT2D eigenvalue weighted by atomic mass is 9.87. The van der Waals surface area contributed by atoms with Crippen molar-refractivity contribution in [3.8, 4) is 11.5 Å². The van der Waals surface area contributed by atoms with Crippen molar-refractivity contribution in [1.29, 1.82) is 0 Å². The number of nitrogens with one attached hydrogen (secondary N) is 1. The van der Waals surface area contributed by atoms with Crippen LogP contribution in [0.2, 0.25) is 5.02 Å². The number of carbonyl (C=O) groups is 1. The molecule has 1 N–H and O–H groups in total. The van der Waals surface area contributed by atoms with Crippen LogP contribution in [0.15, 0.2) is 42.6 Å². The van der Waals surface area contributed by atoms with Crippen molar-refractivity contribution in [3.05, 3.63) is 70.1 Å². The molecule has 0 radical (unpaired) electrons. The number of benzene rings is 2. The third kappa shape index (κ3) is 2.79. The summed E-state index contributed by atoms with van der Waals surface area (Å²) in [6, 6.07) is 10.2. The smallest absolute Gasteiger partial charge is 0.231 e. The van der Waals surface area contributed by atoms with E-state index >= 15 is 0 Å². The Morgan fingerprint density at radius 3 is 2.96 bits per heavy atom. The molecule has 1 unspecified atom stereocenters. The summed E-state index contributed by atoms with van der Waals surface area (Å²) in [6.45, 7) is 0.626. The standard InChI is InChI=1S/C20H15ClFN3O3/c21-14-2-1-3-15(22)19(14)12-7-18(26)24-20-13(12)8-23-25(20)9-11-4-5-16-17(6-11)28-10-27-16/h1-6,8,12H,7,9-10H2,(H,24,26). The van der Waals surface area contributed by atoms with E-state index in [0.29, 0.717) is 34.4 Å². The van der Waals surface area contributed by atoms with E-state index in [1.165, 1.54) is 6.07 Å². The second kappa shape index (κ2) is 6.53. The first kappa shape index (κ1) is 17.1. The van der Waals surface area contributed by atoms with Gasteiger partial charge in [-0.3, -0.25) is 4.79 Å². The molecule has 5 rings (SSSR count). The molecule has 6 nitrogen and oxygen atoms in total. The summed E-state index contributed by atoms with van der Waals surface area (Å²) in [5.41, 5.74) is 2.01. The number of carbonyl (C=O) groups excluding carboxylic acids is 1. The first-order valence-corrected chi connectivity index (χ1v) is 9.16. The predicted octanol–water partition coefficient (Wildman–Crippen LogP) is 3.93. The van der Waals surface area contributed by atoms with Crippen LogP contribution < -0.4 is 14.8 Å². The van der Waals surface area contributed by atoms with Crippen molar-refractivity contribution in [2.75, 3.05) is 12.1 Å². The Morgan fingerprint density at radius 1 is 1.25 bits per heavy atom. The number of fused-ring (bicyclic) bond motifs is 2. The number of aromatic nitrogens is 2. The zero-order valence-corrected chi connectivity index (χ0v) is 15.4. The zero-order valence-electron chi connectivity index (χ0n) is 14.6. The van der Waals surface area contributed by atoms with Crippen LogP contribution in [0.25, 0.3) is 0 Å². The average Bonchev–Trinajstić information content (AvgIpc) is 3.28. The van der Waals surface area contributed by atoms with Gasteiger partial charge in [-0.2, -0.15) is 5.10 Å². The largest absolute Gasteiger partial charge is 0.454 e. The van der Waals surface area contributed by atoms with Gasteiger partial charge in [0, 0.05) is 28.5 Å². The van der Waals surface area contributed by atoms with Gasteiger partial charge in [0.25, 0.3) is 0 Å². The third-order valence-electron chi connectivity index (χ3n) is 5.01. The summed E-state index contributed by atoms with van der Waals surface area (Å²) >= 11 is 6.24. The fourth-order valence-electron chi connectivity index (χ4n) is 3.70. The van der Waals surface area contributed by atoms with E-state index in [-0.39, 0.29) is 19.1 Å². The van der Waals surface area contributed by atoms with Crippen LogP contribution in [0.1, 0.15) is 29.0 Å². The maximum absolute atomic E-state index is 14.5. The van der Waals surface area contributed by atoms with Crippen molar-refractivity contribution in [2.45, 2.75) is 18.9 Å². The predicted molar refractivity (Wildman–Crippen MR) is 100 cm³/mol. The molecule has 0 bridgehead atoms. The van der Waals surface area contributed by atoms with Gasteiger partial charge in [0.15, 0.2) is 11.5 Å². The minimum absolute atomic E-state index is 0.114. The van der Waals surface area contributed by atoms with Crippen molar-refractivity contribution in [2.24, 2.45) is 0 Å². The Bertz CT molecular complexity index is 1080. The number of rotatable bonds is 3. The lowest BCUT2D eigenvalue weighted by Crippen LogP contribution is -2.25. The van der Waals surface area contributed by atoms with Gasteiger partial charge in [0.1, 0.15) is 11.6 Å². The molecular weight excluding hydrogens is 385 g/mol. The molecule has 3 aromatic rings. The molecule has 1 amide bonds. The van der Waals surface area contributed by atoms with E-state index < -0.39 is 11.7 Å². The van der Waals surface area contributed by atoms with Crippen LogP contribution in [-0.4, -0.2) is 22.5 Å². The molecule has 0 saturated heterocycles. The summed E-state index contributed by atoms with van der Waals surface area (Å²) in [7, 11) is 0. The van der Waals surface area contributed by atoms with Crippen LogP contribution in [0.3, 0.4) is 0 Å². The maximum atomic E-state index is 14.5. The molecular formula is C20H15ClFN3O3. The third-order valence-corrected chi connectivity index (χ3v) is 5.34. The van der Waals surface area contributed by atoms with Crippen molar-refractivity contribution < 1.29 is 18.7 Å². The van der Waals surface area contributed by atoms with Gasteiger partial charge in [0.2, 0.25) is 12.7 Å². The number of nitrogens with zero attached hydrogens (tertiary/aromatic N) is 2. The molecule has 1 aromatic heterocycles. The second-order valence-electron chi connectivity index (χ2n) is 6.73. The highest BCUT2D eigenvalue weighted by atomic mass is 35.5. The first-order chi connectivity index (χ1) is 13.6. The Hall–Kier alpha value is -3.06. The number of anilines is 1. The number of halogens is 2. The second-order valence-corrected chi connectivity index (χ2v) is 7.14. The Morgan fingerprint density at radius 2 is 2.11 bits per heavy atom. The van der Waals surface area contributed by atoms with E-state index in [9.17, 15) is 9.18 Å². The van der Waals surface area contributed by atoms with Crippen LogP contribution in [0.4, 0.5) is 10.2 Å². The number of hydrogen-bond donors (Lipinski definition) is 1. The molecule has 2 aliphatic heterocycles. The Balaban J connectivity index is 1.52. The Kier molecular flexibility index (Phi) is 3.98. The van der Waals surface area contributed by atoms with E-state index in [1.807, 2.05) is 18.2 Å². The van der Waals surface area contributed by atoms with Crippen LogP contribution in [-0.2, 0) is 11.3 Å². The van der Waals surface area contributed by atoms with Gasteiger partial charge in [-0.25, -0.2) is 9.07 Å². The minimum atomic E-state index is -0.483. The zero-order chi connectivity index (χ0) is 19.3. The normalized spacial score (nSPS) is 17.4. The quantitative estimate of drug-likeness (QED) is 0.724. The molecule has 0 aliphatic carbocycles. The highest BCUT2D eigenvalue weighted by molar-refractivity contribution is 6.31. The Labute approximate surface area is 164 Å². The molecule has 8 heteroatoms. The first-order valence-electron chi connectivity index (χ1n) is 8.78. The highest BCUT2D eigenvalue weighted by Crippen LogP contribution is 2.41. The average molecular weight is 400 g/mol. The fraction of sp³-hybridized carbons (Fsp3) is 0.200. The van der Waals surface area contributed by atoms with Gasteiger partial charge in [-0.05, 0) is 29.8 Å². The van der Waals surface area contributed by atoms with Gasteiger partial charge in [0.05, 0.1) is 12.7 Å². The van der Waals surface area contributed by atoms with E-state index in [4.69, 9.17) is 21.1 Å². The summed E-state index contributed by atoms with van der Waals surface area (Å²) in [5, 5.41) is 7.58. The van der Waals surface area contributed by atoms with E-state index in [0.717, 1.165) is 11.1 Å². The van der Waals surface area contributed by atoms with Gasteiger partial charge in [-0.1, -0.05) is 23.7 Å². The highest BCUT2D eigenvalue weighted by Gasteiger charge is 2.33. The summed E-state index contributed by atoms with van der Waals surface area (Å²) in [4.78, 5) is 12.3. The summed E-state index contributed by atoms with van der Waals surface area (Å²) < 4.78 is 26.9. The SMILES string of the molecule is O=C1CC(c2c(F)cccc2Cl)c2cnn(Cc3ccc4c(c3)OCO4)c2N1. The molecule has 2 aromatic carbocycles. The fourth-order valence-corrected chi connectivity index (χ4v) is 4.00. The molecule has 1 atom stereocenters. The molecule has 142 valence electrons. The molecule has 28 heavy (non-hydrogen) atoms. The monoisotopic (exact) mass is 399 g/mol. The van der Waals surface area contributed by atoms with Crippen molar-refractivity contribution in [1.82, 2.24) is 9.78 Å². The van der Waals surface area contributed by atoms with Crippen LogP contribution >= 0.6 is 11.6 Å². The number of amides is 1. The van der Waals surface area contributed by atoms with Gasteiger partial charge >= 0.3 is 0 Å². The number of ether oxygens (including phenoxy) is 2. The molecule has 2 aliphatic rings. The lowest BCUT2D eigenvalue weighted by molar-refractivity contribution is -0.116. The molecule has 3 heterocycles. The molecule has 0 spiro atoms. The van der Waals surface area contributed by atoms with Gasteiger partial charge in [-0.15, -0.1) is 0 Å². The van der Waals surface area contributed by atoms with Crippen molar-refractivity contribution in [3.63, 3.8) is 0 Å². The van der Waals surface area contributed by atoms with Crippen molar-refractivity contribution >= 4 is 23.3 Å².